The van der Waals surface area contributed by atoms with E-state index >= 15 is 0 Å². The Morgan fingerprint density at radius 2 is 1.96 bits per heavy atom. The maximum absolute atomic E-state index is 11.2. The second-order valence-electron chi connectivity index (χ2n) is 6.79. The van der Waals surface area contributed by atoms with E-state index in [0.29, 0.717) is 5.92 Å². The third kappa shape index (κ3) is 2.32. The van der Waals surface area contributed by atoms with Crippen LogP contribution in [0.25, 0.3) is 0 Å². The number of anilines is 1. The molecule has 5 nitrogen and oxygen atoms in total. The fourth-order valence-electron chi connectivity index (χ4n) is 4.20. The maximum atomic E-state index is 11.2. The molecular weight excluding hydrogens is 398 g/mol. The van der Waals surface area contributed by atoms with Crippen LogP contribution >= 0.6 is 15.9 Å². The number of carbonyl (C=O) groups excluding carboxylic acids is 1. The van der Waals surface area contributed by atoms with Gasteiger partial charge in [0.1, 0.15) is 0 Å². The quantitative estimate of drug-likeness (QED) is 0.765. The minimum absolute atomic E-state index is 0.0835. The number of aromatic carboxylic acids is 1. The van der Waals surface area contributed by atoms with E-state index in [1.165, 1.54) is 0 Å². The van der Waals surface area contributed by atoms with E-state index in [9.17, 15) is 9.90 Å². The van der Waals surface area contributed by atoms with Gasteiger partial charge in [-0.05, 0) is 53.3 Å². The molecule has 2 aromatic rings. The SMILES string of the molecule is O=C([O-])c1ccc2c(c1)[C@H]1C=CC[C@@H]1[C@H](c1cc3c(cc1Br)OCO3)N2. The lowest BCUT2D eigenvalue weighted by molar-refractivity contribution is -0.255. The minimum Gasteiger partial charge on any atom is -0.545 e. The number of benzene rings is 2. The standard InChI is InChI=1S/C20H16BrNO4/c21-15-8-18-17(25-9-26-18)7-14(15)19-12-3-1-2-11(12)13-6-10(20(23)24)4-5-16(13)22-19/h1-2,4-8,11-12,19,22H,3,9H2,(H,23,24)/p-1/t11-,12-,19+/m0/s1. The Morgan fingerprint density at radius 3 is 2.77 bits per heavy atom. The molecule has 5 rings (SSSR count). The third-order valence-corrected chi connectivity index (χ3v) is 6.11. The number of halogens is 1. The van der Waals surface area contributed by atoms with Gasteiger partial charge in [-0.3, -0.25) is 0 Å². The van der Waals surface area contributed by atoms with Crippen LogP contribution in [0.3, 0.4) is 0 Å². The summed E-state index contributed by atoms with van der Waals surface area (Å²) in [7, 11) is 0. The molecule has 0 fully saturated rings. The van der Waals surface area contributed by atoms with Crippen molar-refractivity contribution in [1.82, 2.24) is 0 Å². The number of fused-ring (bicyclic) bond motifs is 4. The number of ether oxygens (including phenoxy) is 2. The maximum Gasteiger partial charge on any atom is 0.231 e. The first-order chi connectivity index (χ1) is 12.6. The first-order valence-corrected chi connectivity index (χ1v) is 9.28. The van der Waals surface area contributed by atoms with Crippen molar-refractivity contribution in [2.24, 2.45) is 5.92 Å². The van der Waals surface area contributed by atoms with Crippen LogP contribution in [0.5, 0.6) is 11.5 Å². The van der Waals surface area contributed by atoms with Gasteiger partial charge in [0.05, 0.1) is 12.0 Å². The van der Waals surface area contributed by atoms with Crippen LogP contribution in [0.15, 0.2) is 47.0 Å². The summed E-state index contributed by atoms with van der Waals surface area (Å²) in [6.07, 6.45) is 5.28. The van der Waals surface area contributed by atoms with Gasteiger partial charge in [0.15, 0.2) is 11.5 Å². The highest BCUT2D eigenvalue weighted by Gasteiger charge is 2.39. The lowest BCUT2D eigenvalue weighted by Crippen LogP contribution is -2.30. The van der Waals surface area contributed by atoms with E-state index < -0.39 is 5.97 Å². The average Bonchev–Trinajstić information content (AvgIpc) is 3.29. The zero-order valence-corrected chi connectivity index (χ0v) is 15.3. The van der Waals surface area contributed by atoms with E-state index in [4.69, 9.17) is 9.47 Å². The molecule has 0 aromatic heterocycles. The van der Waals surface area contributed by atoms with Crippen LogP contribution in [0.1, 0.15) is 39.9 Å². The highest BCUT2D eigenvalue weighted by Crippen LogP contribution is 2.52. The highest BCUT2D eigenvalue weighted by molar-refractivity contribution is 9.10. The molecule has 0 bridgehead atoms. The van der Waals surface area contributed by atoms with Crippen molar-refractivity contribution in [3.05, 3.63) is 63.6 Å². The van der Waals surface area contributed by atoms with Crippen LogP contribution in [0, 0.1) is 5.92 Å². The normalized spacial score (nSPS) is 24.7. The Balaban J connectivity index is 1.59. The first-order valence-electron chi connectivity index (χ1n) is 8.49. The molecule has 1 N–H and O–H groups in total. The predicted molar refractivity (Wildman–Crippen MR) is 97.4 cm³/mol. The zero-order valence-electron chi connectivity index (χ0n) is 13.7. The fourth-order valence-corrected chi connectivity index (χ4v) is 4.77. The van der Waals surface area contributed by atoms with Crippen LogP contribution in [0.4, 0.5) is 5.69 Å². The third-order valence-electron chi connectivity index (χ3n) is 5.43. The molecule has 132 valence electrons. The molecule has 1 aliphatic carbocycles. The van der Waals surface area contributed by atoms with Gasteiger partial charge in [-0.1, -0.05) is 34.1 Å². The summed E-state index contributed by atoms with van der Waals surface area (Å²) in [5.74, 6) is 0.832. The van der Waals surface area contributed by atoms with Gasteiger partial charge in [-0.25, -0.2) is 0 Å². The van der Waals surface area contributed by atoms with Crippen molar-refractivity contribution in [2.75, 3.05) is 12.1 Å². The zero-order chi connectivity index (χ0) is 17.8. The minimum atomic E-state index is -1.15. The van der Waals surface area contributed by atoms with Crippen LogP contribution in [-0.2, 0) is 0 Å². The number of carboxylic acid groups (broad SMARTS) is 1. The molecule has 3 aliphatic rings. The molecule has 0 spiro atoms. The number of rotatable bonds is 2. The highest BCUT2D eigenvalue weighted by atomic mass is 79.9. The Morgan fingerprint density at radius 1 is 1.15 bits per heavy atom. The van der Waals surface area contributed by atoms with Crippen molar-refractivity contribution in [2.45, 2.75) is 18.4 Å². The van der Waals surface area contributed by atoms with Crippen LogP contribution in [0.2, 0.25) is 0 Å². The topological polar surface area (TPSA) is 70.6 Å². The Bertz CT molecular complexity index is 955. The lowest BCUT2D eigenvalue weighted by atomic mass is 9.76. The summed E-state index contributed by atoms with van der Waals surface area (Å²) in [6, 6.07) is 9.21. The molecule has 3 atom stereocenters. The number of carbonyl (C=O) groups is 1. The van der Waals surface area contributed by atoms with Crippen LogP contribution in [-0.4, -0.2) is 12.8 Å². The van der Waals surface area contributed by atoms with Gasteiger partial charge in [0, 0.05) is 16.1 Å². The van der Waals surface area contributed by atoms with E-state index in [1.807, 2.05) is 18.2 Å². The number of nitrogens with one attached hydrogen (secondary N) is 1. The van der Waals surface area contributed by atoms with Gasteiger partial charge in [-0.2, -0.15) is 0 Å². The number of hydrogen-bond acceptors (Lipinski definition) is 5. The van der Waals surface area contributed by atoms with E-state index in [2.05, 4.69) is 33.4 Å². The van der Waals surface area contributed by atoms with E-state index in [0.717, 1.165) is 39.2 Å². The summed E-state index contributed by atoms with van der Waals surface area (Å²) in [5.41, 5.74) is 3.30. The summed E-state index contributed by atoms with van der Waals surface area (Å²) in [6.45, 7) is 0.242. The Labute approximate surface area is 158 Å². The van der Waals surface area contributed by atoms with Crippen molar-refractivity contribution >= 4 is 27.6 Å². The van der Waals surface area contributed by atoms with Crippen molar-refractivity contribution in [1.29, 1.82) is 0 Å². The fraction of sp³-hybridized carbons (Fsp3) is 0.250. The van der Waals surface area contributed by atoms with Crippen LogP contribution < -0.4 is 19.9 Å². The second-order valence-corrected chi connectivity index (χ2v) is 7.65. The van der Waals surface area contributed by atoms with Gasteiger partial charge in [-0.15, -0.1) is 0 Å². The Kier molecular flexibility index (Phi) is 3.50. The van der Waals surface area contributed by atoms with Gasteiger partial charge < -0.3 is 24.7 Å². The van der Waals surface area contributed by atoms with E-state index in [1.54, 1.807) is 12.1 Å². The van der Waals surface area contributed by atoms with Gasteiger partial charge >= 0.3 is 0 Å². The molecule has 0 amide bonds. The van der Waals surface area contributed by atoms with Crippen molar-refractivity contribution < 1.29 is 19.4 Å². The van der Waals surface area contributed by atoms with Gasteiger partial charge in [0.2, 0.25) is 6.79 Å². The Hall–Kier alpha value is -2.47. The molecule has 6 heteroatoms. The molecular formula is C20H15BrNO4-. The molecule has 2 heterocycles. The van der Waals surface area contributed by atoms with Crippen molar-refractivity contribution in [3.8, 4) is 11.5 Å². The molecule has 26 heavy (non-hydrogen) atoms. The lowest BCUT2D eigenvalue weighted by Gasteiger charge is -2.38. The average molecular weight is 413 g/mol. The summed E-state index contributed by atoms with van der Waals surface area (Å²) in [5, 5.41) is 14.8. The molecule has 0 saturated heterocycles. The second kappa shape index (κ2) is 5.77. The summed E-state index contributed by atoms with van der Waals surface area (Å²) in [4.78, 5) is 11.2. The molecule has 0 unspecified atom stereocenters. The molecule has 2 aliphatic heterocycles. The van der Waals surface area contributed by atoms with Gasteiger partial charge in [0.25, 0.3) is 0 Å². The molecule has 2 aromatic carbocycles. The summed E-state index contributed by atoms with van der Waals surface area (Å²) >= 11 is 3.67. The molecule has 0 radical (unpaired) electrons. The first kappa shape index (κ1) is 15.8. The van der Waals surface area contributed by atoms with E-state index in [-0.39, 0.29) is 24.3 Å². The molecule has 0 saturated carbocycles. The largest absolute Gasteiger partial charge is 0.545 e. The smallest absolute Gasteiger partial charge is 0.231 e. The number of hydrogen-bond donors (Lipinski definition) is 1. The predicted octanol–water partition coefficient (Wildman–Crippen LogP) is 3.37. The summed E-state index contributed by atoms with van der Waals surface area (Å²) < 4.78 is 12.0. The monoisotopic (exact) mass is 412 g/mol. The number of carboxylic acids is 1. The van der Waals surface area contributed by atoms with Crippen molar-refractivity contribution in [3.63, 3.8) is 0 Å². The number of allylic oxidation sites excluding steroid dienone is 2.